The second-order valence-corrected chi connectivity index (χ2v) is 3.26. The van der Waals surface area contributed by atoms with Gasteiger partial charge in [0.2, 0.25) is 5.75 Å². The molecule has 0 heterocycles. The van der Waals surface area contributed by atoms with E-state index in [1.165, 1.54) is 0 Å². The van der Waals surface area contributed by atoms with Gasteiger partial charge in [-0.05, 0) is 18.6 Å². The van der Waals surface area contributed by atoms with E-state index in [0.717, 1.165) is 6.42 Å². The van der Waals surface area contributed by atoms with Crippen LogP contribution in [0.4, 0.5) is 0 Å². The molecule has 4 heteroatoms. The van der Waals surface area contributed by atoms with E-state index in [4.69, 9.17) is 25.8 Å². The first kappa shape index (κ1) is 12.0. The predicted octanol–water partition coefficient (Wildman–Crippen LogP) is 2.71. The Morgan fingerprint density at radius 3 is 2.47 bits per heavy atom. The van der Waals surface area contributed by atoms with Crippen molar-refractivity contribution in [3.05, 3.63) is 18.2 Å². The Bertz CT molecular complexity index is 302. The molecule has 0 saturated carbocycles. The minimum atomic E-state index is 0.576. The van der Waals surface area contributed by atoms with Gasteiger partial charge in [0.25, 0.3) is 0 Å². The zero-order valence-electron chi connectivity index (χ0n) is 8.96. The molecule has 1 aromatic rings. The fraction of sp³-hybridized carbons (Fsp3) is 0.455. The third-order valence-electron chi connectivity index (χ3n) is 1.90. The van der Waals surface area contributed by atoms with E-state index in [0.29, 0.717) is 29.7 Å². The van der Waals surface area contributed by atoms with E-state index in [1.807, 2.05) is 18.2 Å². The Hall–Kier alpha value is -1.09. The van der Waals surface area contributed by atoms with Crippen molar-refractivity contribution in [3.63, 3.8) is 0 Å². The molecular weight excluding hydrogens is 216 g/mol. The van der Waals surface area contributed by atoms with Crippen LogP contribution in [0.5, 0.6) is 17.2 Å². The molecule has 84 valence electrons. The number of methoxy groups -OCH3 is 2. The summed E-state index contributed by atoms with van der Waals surface area (Å²) in [6.07, 6.45) is 0.807. The third kappa shape index (κ3) is 3.20. The van der Waals surface area contributed by atoms with Gasteiger partial charge in [-0.15, -0.1) is 11.6 Å². The molecule has 0 atom stereocenters. The average molecular weight is 231 g/mol. The van der Waals surface area contributed by atoms with Crippen molar-refractivity contribution in [2.24, 2.45) is 0 Å². The van der Waals surface area contributed by atoms with Crippen molar-refractivity contribution in [1.29, 1.82) is 0 Å². The van der Waals surface area contributed by atoms with Gasteiger partial charge in [-0.25, -0.2) is 0 Å². The fourth-order valence-corrected chi connectivity index (χ4v) is 1.32. The summed E-state index contributed by atoms with van der Waals surface area (Å²) < 4.78 is 15.9. The van der Waals surface area contributed by atoms with Gasteiger partial charge < -0.3 is 14.2 Å². The van der Waals surface area contributed by atoms with Crippen LogP contribution in [0, 0.1) is 0 Å². The summed E-state index contributed by atoms with van der Waals surface area (Å²) in [4.78, 5) is 0. The number of alkyl halides is 1. The number of para-hydroxylation sites is 1. The van der Waals surface area contributed by atoms with Gasteiger partial charge in [-0.3, -0.25) is 0 Å². The highest BCUT2D eigenvalue weighted by molar-refractivity contribution is 6.17. The van der Waals surface area contributed by atoms with Gasteiger partial charge in [-0.2, -0.15) is 0 Å². The lowest BCUT2D eigenvalue weighted by molar-refractivity contribution is 0.284. The molecule has 0 aromatic heterocycles. The molecule has 1 rings (SSSR count). The first-order valence-corrected chi connectivity index (χ1v) is 5.26. The minimum absolute atomic E-state index is 0.576. The molecule has 0 saturated heterocycles. The summed E-state index contributed by atoms with van der Waals surface area (Å²) in [5, 5.41) is 0. The highest BCUT2D eigenvalue weighted by atomic mass is 35.5. The summed E-state index contributed by atoms with van der Waals surface area (Å²) in [6, 6.07) is 5.53. The predicted molar refractivity (Wildman–Crippen MR) is 60.4 cm³/mol. The molecule has 3 nitrogen and oxygen atoms in total. The number of hydrogen-bond donors (Lipinski definition) is 0. The molecule has 0 N–H and O–H groups in total. The van der Waals surface area contributed by atoms with E-state index in [9.17, 15) is 0 Å². The van der Waals surface area contributed by atoms with Crippen LogP contribution in [0.3, 0.4) is 0 Å². The first-order valence-electron chi connectivity index (χ1n) is 4.73. The van der Waals surface area contributed by atoms with Gasteiger partial charge in [-0.1, -0.05) is 6.07 Å². The van der Waals surface area contributed by atoms with E-state index < -0.39 is 0 Å². The quantitative estimate of drug-likeness (QED) is 0.556. The lowest BCUT2D eigenvalue weighted by Gasteiger charge is -2.12. The number of ether oxygens (including phenoxy) is 3. The van der Waals surface area contributed by atoms with Crippen LogP contribution < -0.4 is 14.2 Å². The van der Waals surface area contributed by atoms with Crippen LogP contribution >= 0.6 is 11.6 Å². The number of benzene rings is 1. The van der Waals surface area contributed by atoms with Gasteiger partial charge >= 0.3 is 0 Å². The molecule has 0 aliphatic rings. The third-order valence-corrected chi connectivity index (χ3v) is 2.17. The smallest absolute Gasteiger partial charge is 0.203 e. The maximum Gasteiger partial charge on any atom is 0.203 e. The molecule has 0 fully saturated rings. The maximum atomic E-state index is 5.56. The normalized spacial score (nSPS) is 9.80. The highest BCUT2D eigenvalue weighted by Crippen LogP contribution is 2.36. The van der Waals surface area contributed by atoms with Crippen molar-refractivity contribution >= 4 is 11.6 Å². The molecular formula is C11H15ClO3. The van der Waals surface area contributed by atoms with Crippen molar-refractivity contribution in [1.82, 2.24) is 0 Å². The van der Waals surface area contributed by atoms with E-state index in [-0.39, 0.29) is 0 Å². The Balaban J connectivity index is 2.76. The SMILES string of the molecule is COc1cccc(OCCCCl)c1OC. The van der Waals surface area contributed by atoms with Gasteiger partial charge in [0.05, 0.1) is 20.8 Å². The van der Waals surface area contributed by atoms with E-state index >= 15 is 0 Å². The largest absolute Gasteiger partial charge is 0.493 e. The molecule has 0 spiro atoms. The molecule has 15 heavy (non-hydrogen) atoms. The van der Waals surface area contributed by atoms with Crippen LogP contribution in [0.1, 0.15) is 6.42 Å². The van der Waals surface area contributed by atoms with Crippen LogP contribution in [-0.2, 0) is 0 Å². The molecule has 0 unspecified atom stereocenters. The van der Waals surface area contributed by atoms with Crippen molar-refractivity contribution in [2.45, 2.75) is 6.42 Å². The zero-order chi connectivity index (χ0) is 11.1. The zero-order valence-corrected chi connectivity index (χ0v) is 9.71. The van der Waals surface area contributed by atoms with Crippen LogP contribution in [0.2, 0.25) is 0 Å². The van der Waals surface area contributed by atoms with Crippen LogP contribution in [-0.4, -0.2) is 26.7 Å². The lowest BCUT2D eigenvalue weighted by atomic mass is 10.3. The molecule has 0 radical (unpaired) electrons. The van der Waals surface area contributed by atoms with Gasteiger partial charge in [0.1, 0.15) is 0 Å². The molecule has 0 bridgehead atoms. The molecule has 1 aromatic carbocycles. The summed E-state index contributed by atoms with van der Waals surface area (Å²) in [6.45, 7) is 0.576. The monoisotopic (exact) mass is 230 g/mol. The number of hydrogen-bond acceptors (Lipinski definition) is 3. The average Bonchev–Trinajstić information content (AvgIpc) is 2.29. The van der Waals surface area contributed by atoms with Crippen molar-refractivity contribution in [2.75, 3.05) is 26.7 Å². The van der Waals surface area contributed by atoms with Crippen LogP contribution in [0.15, 0.2) is 18.2 Å². The second kappa shape index (κ2) is 6.40. The minimum Gasteiger partial charge on any atom is -0.493 e. The van der Waals surface area contributed by atoms with E-state index in [1.54, 1.807) is 14.2 Å². The first-order chi connectivity index (χ1) is 7.33. The summed E-state index contributed by atoms with van der Waals surface area (Å²) in [7, 11) is 3.19. The van der Waals surface area contributed by atoms with Crippen LogP contribution in [0.25, 0.3) is 0 Å². The molecule has 0 aliphatic heterocycles. The highest BCUT2D eigenvalue weighted by Gasteiger charge is 2.09. The Kier molecular flexibility index (Phi) is 5.12. The van der Waals surface area contributed by atoms with Crippen molar-refractivity contribution in [3.8, 4) is 17.2 Å². The summed E-state index contributed by atoms with van der Waals surface area (Å²) in [5.74, 6) is 2.56. The van der Waals surface area contributed by atoms with Crippen molar-refractivity contribution < 1.29 is 14.2 Å². The molecule has 0 aliphatic carbocycles. The van der Waals surface area contributed by atoms with E-state index in [2.05, 4.69) is 0 Å². The number of halogens is 1. The van der Waals surface area contributed by atoms with Gasteiger partial charge in [0, 0.05) is 5.88 Å². The maximum absolute atomic E-state index is 5.56. The Morgan fingerprint density at radius 1 is 1.13 bits per heavy atom. The summed E-state index contributed by atoms with van der Waals surface area (Å²) >= 11 is 5.56. The topological polar surface area (TPSA) is 27.7 Å². The van der Waals surface area contributed by atoms with Gasteiger partial charge in [0.15, 0.2) is 11.5 Å². The lowest BCUT2D eigenvalue weighted by Crippen LogP contribution is -2.00. The summed E-state index contributed by atoms with van der Waals surface area (Å²) in [5.41, 5.74) is 0. The number of rotatable bonds is 6. The fourth-order valence-electron chi connectivity index (χ4n) is 1.21. The standard InChI is InChI=1S/C11H15ClO3/c1-13-9-5-3-6-10(11(9)14-2)15-8-4-7-12/h3,5-6H,4,7-8H2,1-2H3. The Morgan fingerprint density at radius 2 is 1.87 bits per heavy atom. The molecule has 0 amide bonds. The second-order valence-electron chi connectivity index (χ2n) is 2.88. The Labute approximate surface area is 94.9 Å².